The van der Waals surface area contributed by atoms with E-state index in [-0.39, 0.29) is 0 Å². The van der Waals surface area contributed by atoms with Gasteiger partial charge in [0, 0.05) is 37.6 Å². The lowest BCUT2D eigenvalue weighted by atomic mass is 10.1. The Labute approximate surface area is 118 Å². The second-order valence-electron chi connectivity index (χ2n) is 5.52. The Hall–Kier alpha value is -1.86. The summed E-state index contributed by atoms with van der Waals surface area (Å²) in [6, 6.07) is 0.954. The van der Waals surface area contributed by atoms with Crippen molar-refractivity contribution in [3.63, 3.8) is 0 Å². The zero-order chi connectivity index (χ0) is 14.3. The van der Waals surface area contributed by atoms with Gasteiger partial charge < -0.3 is 14.7 Å². The van der Waals surface area contributed by atoms with Crippen LogP contribution in [0.2, 0.25) is 0 Å². The first kappa shape index (κ1) is 13.1. The molecule has 1 saturated heterocycles. The van der Waals surface area contributed by atoms with Gasteiger partial charge in [-0.15, -0.1) is 0 Å². The van der Waals surface area contributed by atoms with Crippen molar-refractivity contribution in [3.05, 3.63) is 18.6 Å². The molecular weight excluding hydrogens is 254 g/mol. The topological polar surface area (TPSA) is 74.7 Å². The Bertz CT molecular complexity index is 596. The molecule has 2 unspecified atom stereocenters. The first-order chi connectivity index (χ1) is 9.60. The molecular formula is C13H21N7. The fraction of sp³-hybridized carbons (Fsp3) is 0.538. The van der Waals surface area contributed by atoms with Crippen molar-refractivity contribution in [1.82, 2.24) is 19.3 Å². The van der Waals surface area contributed by atoms with Crippen LogP contribution in [0.15, 0.2) is 18.6 Å². The second kappa shape index (κ2) is 4.92. The van der Waals surface area contributed by atoms with Crippen LogP contribution in [-0.4, -0.2) is 51.5 Å². The molecule has 0 aliphatic carbocycles. The first-order valence-electron chi connectivity index (χ1n) is 6.87. The summed E-state index contributed by atoms with van der Waals surface area (Å²) in [6.07, 6.45) is 5.53. The smallest absolute Gasteiger partial charge is 0.180 e. The van der Waals surface area contributed by atoms with Crippen molar-refractivity contribution in [2.75, 3.05) is 30.5 Å². The highest BCUT2D eigenvalue weighted by Crippen LogP contribution is 2.24. The average Bonchev–Trinajstić information content (AvgIpc) is 2.91. The molecule has 3 N–H and O–H groups in total. The summed E-state index contributed by atoms with van der Waals surface area (Å²) in [7, 11) is 2.17. The number of aromatic nitrogens is 3. The fourth-order valence-electron chi connectivity index (χ4n) is 2.77. The van der Waals surface area contributed by atoms with E-state index in [0.717, 1.165) is 24.6 Å². The van der Waals surface area contributed by atoms with Crippen LogP contribution in [-0.2, 0) is 0 Å². The Morgan fingerprint density at radius 1 is 1.30 bits per heavy atom. The minimum absolute atomic E-state index is 0.477. The van der Waals surface area contributed by atoms with Crippen molar-refractivity contribution in [3.8, 4) is 0 Å². The van der Waals surface area contributed by atoms with Gasteiger partial charge in [-0.3, -0.25) is 4.90 Å². The van der Waals surface area contributed by atoms with Gasteiger partial charge in [0.15, 0.2) is 17.3 Å². The summed E-state index contributed by atoms with van der Waals surface area (Å²) in [4.78, 5) is 13.7. The summed E-state index contributed by atoms with van der Waals surface area (Å²) in [5, 5.41) is 0. The number of imidazole rings is 1. The Balaban J connectivity index is 2.02. The number of hydrogen-bond donors (Lipinski definition) is 2. The summed E-state index contributed by atoms with van der Waals surface area (Å²) in [6.45, 7) is 6.33. The lowest BCUT2D eigenvalue weighted by molar-refractivity contribution is 0.169. The zero-order valence-electron chi connectivity index (χ0n) is 12.1. The van der Waals surface area contributed by atoms with Crippen molar-refractivity contribution in [1.29, 1.82) is 0 Å². The van der Waals surface area contributed by atoms with E-state index in [0.29, 0.717) is 17.9 Å². The standard InChI is InChI=1S/C13H21N7/c1-9-6-20(7-10(2)18(9)3)13-12-15-4-5-19(12)8-11(16-13)17-14/h4-5,8-10,17H,6-7,14H2,1-3H3. The van der Waals surface area contributed by atoms with E-state index in [1.54, 1.807) is 6.20 Å². The molecule has 7 nitrogen and oxygen atoms in total. The van der Waals surface area contributed by atoms with E-state index in [1.165, 1.54) is 0 Å². The largest absolute Gasteiger partial charge is 0.350 e. The van der Waals surface area contributed by atoms with Gasteiger partial charge in [-0.05, 0) is 20.9 Å². The summed E-state index contributed by atoms with van der Waals surface area (Å²) < 4.78 is 1.95. The van der Waals surface area contributed by atoms with Crippen molar-refractivity contribution < 1.29 is 0 Å². The summed E-state index contributed by atoms with van der Waals surface area (Å²) >= 11 is 0. The van der Waals surface area contributed by atoms with Crippen LogP contribution in [0.3, 0.4) is 0 Å². The van der Waals surface area contributed by atoms with Crippen LogP contribution >= 0.6 is 0 Å². The van der Waals surface area contributed by atoms with E-state index >= 15 is 0 Å². The quantitative estimate of drug-likeness (QED) is 0.615. The SMILES string of the molecule is CC1CN(c2nc(NN)cn3ccnc23)CC(C)N1C. The Morgan fingerprint density at radius 2 is 2.00 bits per heavy atom. The van der Waals surface area contributed by atoms with Crippen LogP contribution in [0.25, 0.3) is 5.65 Å². The van der Waals surface area contributed by atoms with Gasteiger partial charge >= 0.3 is 0 Å². The monoisotopic (exact) mass is 275 g/mol. The maximum absolute atomic E-state index is 5.51. The number of nitrogens with zero attached hydrogens (tertiary/aromatic N) is 5. The van der Waals surface area contributed by atoms with E-state index in [9.17, 15) is 0 Å². The molecule has 7 heteroatoms. The molecule has 0 aromatic carbocycles. The third-order valence-corrected chi connectivity index (χ3v) is 4.16. The molecule has 108 valence electrons. The number of fused-ring (bicyclic) bond motifs is 1. The highest BCUT2D eigenvalue weighted by Gasteiger charge is 2.28. The van der Waals surface area contributed by atoms with Crippen LogP contribution in [0, 0.1) is 0 Å². The molecule has 2 aromatic rings. The second-order valence-corrected chi connectivity index (χ2v) is 5.52. The van der Waals surface area contributed by atoms with Gasteiger partial charge in [-0.25, -0.2) is 15.8 Å². The lowest BCUT2D eigenvalue weighted by Crippen LogP contribution is -2.55. The third-order valence-electron chi connectivity index (χ3n) is 4.16. The molecule has 1 fully saturated rings. The number of likely N-dealkylation sites (N-methyl/N-ethyl adjacent to an activating group) is 1. The molecule has 0 amide bonds. The predicted octanol–water partition coefficient (Wildman–Crippen LogP) is 0.544. The molecule has 1 aliphatic heterocycles. The lowest BCUT2D eigenvalue weighted by Gasteiger charge is -2.42. The molecule has 3 rings (SSSR count). The normalized spacial score (nSPS) is 24.3. The van der Waals surface area contributed by atoms with E-state index in [2.05, 4.69) is 46.1 Å². The number of hydrogen-bond acceptors (Lipinski definition) is 6. The summed E-state index contributed by atoms with van der Waals surface area (Å²) in [5.41, 5.74) is 3.49. The first-order valence-corrected chi connectivity index (χ1v) is 6.87. The predicted molar refractivity (Wildman–Crippen MR) is 79.7 cm³/mol. The molecule has 0 spiro atoms. The van der Waals surface area contributed by atoms with E-state index < -0.39 is 0 Å². The molecule has 0 bridgehead atoms. The minimum Gasteiger partial charge on any atom is -0.350 e. The molecule has 0 saturated carbocycles. The van der Waals surface area contributed by atoms with Crippen LogP contribution in [0.4, 0.5) is 11.6 Å². The molecule has 2 aromatic heterocycles. The van der Waals surface area contributed by atoms with E-state index in [4.69, 9.17) is 5.84 Å². The number of rotatable bonds is 2. The molecule has 2 atom stereocenters. The van der Waals surface area contributed by atoms with Gasteiger partial charge in [0.05, 0.1) is 6.20 Å². The number of nitrogen functional groups attached to an aromatic ring is 1. The number of piperazine rings is 1. The number of hydrazine groups is 1. The third kappa shape index (κ3) is 2.08. The van der Waals surface area contributed by atoms with Gasteiger partial charge in [-0.2, -0.15) is 0 Å². The number of anilines is 2. The molecule has 20 heavy (non-hydrogen) atoms. The maximum atomic E-state index is 5.51. The van der Waals surface area contributed by atoms with Gasteiger partial charge in [0.25, 0.3) is 0 Å². The van der Waals surface area contributed by atoms with Gasteiger partial charge in [0.1, 0.15) is 0 Å². The molecule has 1 aliphatic rings. The highest BCUT2D eigenvalue weighted by atomic mass is 15.3. The van der Waals surface area contributed by atoms with Gasteiger partial charge in [0.2, 0.25) is 0 Å². The average molecular weight is 275 g/mol. The molecule has 0 radical (unpaired) electrons. The molecule has 3 heterocycles. The van der Waals surface area contributed by atoms with Crippen LogP contribution < -0.4 is 16.2 Å². The number of nitrogens with one attached hydrogen (secondary N) is 1. The maximum Gasteiger partial charge on any atom is 0.180 e. The minimum atomic E-state index is 0.477. The van der Waals surface area contributed by atoms with E-state index in [1.807, 2.05) is 16.8 Å². The van der Waals surface area contributed by atoms with Crippen molar-refractivity contribution in [2.24, 2.45) is 5.84 Å². The van der Waals surface area contributed by atoms with Gasteiger partial charge in [-0.1, -0.05) is 0 Å². The Morgan fingerprint density at radius 3 is 2.65 bits per heavy atom. The Kier molecular flexibility index (Phi) is 3.23. The van der Waals surface area contributed by atoms with Crippen molar-refractivity contribution in [2.45, 2.75) is 25.9 Å². The fourth-order valence-corrected chi connectivity index (χ4v) is 2.77. The van der Waals surface area contributed by atoms with Crippen LogP contribution in [0.5, 0.6) is 0 Å². The van der Waals surface area contributed by atoms with Crippen molar-refractivity contribution >= 4 is 17.3 Å². The zero-order valence-corrected chi connectivity index (χ0v) is 12.1. The highest BCUT2D eigenvalue weighted by molar-refractivity contribution is 5.67. The summed E-state index contributed by atoms with van der Waals surface area (Å²) in [5.74, 6) is 7.04. The number of nitrogens with two attached hydrogens (primary N) is 1. The van der Waals surface area contributed by atoms with Crippen LogP contribution in [0.1, 0.15) is 13.8 Å².